The van der Waals surface area contributed by atoms with Gasteiger partial charge in [-0.25, -0.2) is 0 Å². The monoisotopic (exact) mass is 285 g/mol. The van der Waals surface area contributed by atoms with Gasteiger partial charge in [-0.3, -0.25) is 4.79 Å². The Hall–Kier alpha value is -0.610. The predicted octanol–water partition coefficient (Wildman–Crippen LogP) is 2.50. The summed E-state index contributed by atoms with van der Waals surface area (Å²) in [5, 5.41) is 12.4. The van der Waals surface area contributed by atoms with Gasteiger partial charge in [-0.15, -0.1) is 0 Å². The highest BCUT2D eigenvalue weighted by Crippen LogP contribution is 2.25. The standard InChI is InChI=1S/C16H31NO3/c1-5-6-14-9-12(7-8-20-14)15(19)17-13(11-18)10-16(2,3)4/h12-14,18H,5-11H2,1-4H3,(H,17,19). The van der Waals surface area contributed by atoms with E-state index in [2.05, 4.69) is 33.0 Å². The van der Waals surface area contributed by atoms with Crippen LogP contribution in [0.2, 0.25) is 0 Å². The van der Waals surface area contributed by atoms with Crippen molar-refractivity contribution >= 4 is 5.91 Å². The van der Waals surface area contributed by atoms with E-state index in [1.807, 2.05) is 0 Å². The van der Waals surface area contributed by atoms with Crippen molar-refractivity contribution in [3.8, 4) is 0 Å². The van der Waals surface area contributed by atoms with Crippen molar-refractivity contribution < 1.29 is 14.6 Å². The summed E-state index contributed by atoms with van der Waals surface area (Å²) >= 11 is 0. The molecule has 118 valence electrons. The molecule has 0 spiro atoms. The summed E-state index contributed by atoms with van der Waals surface area (Å²) in [6.07, 6.45) is 4.72. The van der Waals surface area contributed by atoms with Crippen LogP contribution in [0.5, 0.6) is 0 Å². The zero-order valence-corrected chi connectivity index (χ0v) is 13.4. The van der Waals surface area contributed by atoms with E-state index in [9.17, 15) is 9.90 Å². The minimum absolute atomic E-state index is 0.00458. The lowest BCUT2D eigenvalue weighted by Crippen LogP contribution is -2.45. The number of hydrogen-bond acceptors (Lipinski definition) is 3. The number of ether oxygens (including phenoxy) is 1. The number of nitrogens with one attached hydrogen (secondary N) is 1. The summed E-state index contributed by atoms with van der Waals surface area (Å²) in [5.41, 5.74) is 0.0983. The van der Waals surface area contributed by atoms with Gasteiger partial charge >= 0.3 is 0 Å². The molecule has 0 radical (unpaired) electrons. The van der Waals surface area contributed by atoms with Crippen LogP contribution >= 0.6 is 0 Å². The van der Waals surface area contributed by atoms with Crippen LogP contribution in [0.4, 0.5) is 0 Å². The Bertz CT molecular complexity index is 297. The van der Waals surface area contributed by atoms with Crippen molar-refractivity contribution in [2.24, 2.45) is 11.3 Å². The minimum atomic E-state index is -0.144. The Balaban J connectivity index is 2.47. The first-order valence-electron chi connectivity index (χ1n) is 7.88. The second kappa shape index (κ2) is 7.99. The molecule has 1 aliphatic heterocycles. The number of hydrogen-bond donors (Lipinski definition) is 2. The van der Waals surface area contributed by atoms with Crippen molar-refractivity contribution in [3.63, 3.8) is 0 Å². The average molecular weight is 285 g/mol. The van der Waals surface area contributed by atoms with Gasteiger partial charge in [-0.1, -0.05) is 34.1 Å². The molecule has 3 atom stereocenters. The van der Waals surface area contributed by atoms with E-state index < -0.39 is 0 Å². The van der Waals surface area contributed by atoms with Gasteiger partial charge in [-0.05, 0) is 31.1 Å². The maximum Gasteiger partial charge on any atom is 0.223 e. The highest BCUT2D eigenvalue weighted by Gasteiger charge is 2.29. The molecule has 20 heavy (non-hydrogen) atoms. The second-order valence-electron chi connectivity index (χ2n) is 7.16. The third-order valence-electron chi connectivity index (χ3n) is 3.77. The zero-order chi connectivity index (χ0) is 15.2. The fourth-order valence-electron chi connectivity index (χ4n) is 2.86. The lowest BCUT2D eigenvalue weighted by molar-refractivity contribution is -0.131. The number of amides is 1. The number of aliphatic hydroxyl groups excluding tert-OH is 1. The van der Waals surface area contributed by atoms with Gasteiger partial charge in [0, 0.05) is 12.5 Å². The fraction of sp³-hybridized carbons (Fsp3) is 0.938. The van der Waals surface area contributed by atoms with E-state index >= 15 is 0 Å². The van der Waals surface area contributed by atoms with Crippen molar-refractivity contribution in [2.75, 3.05) is 13.2 Å². The third kappa shape index (κ3) is 6.23. The summed E-state index contributed by atoms with van der Waals surface area (Å²) < 4.78 is 5.68. The second-order valence-corrected chi connectivity index (χ2v) is 7.16. The molecule has 1 heterocycles. The Morgan fingerprint density at radius 3 is 2.70 bits per heavy atom. The molecular weight excluding hydrogens is 254 g/mol. The van der Waals surface area contributed by atoms with Crippen LogP contribution in [0.1, 0.15) is 59.8 Å². The molecule has 1 fully saturated rings. The molecule has 1 rings (SSSR count). The summed E-state index contributed by atoms with van der Waals surface area (Å²) in [7, 11) is 0. The molecule has 0 aromatic rings. The molecule has 4 nitrogen and oxygen atoms in total. The van der Waals surface area contributed by atoms with Crippen LogP contribution < -0.4 is 5.32 Å². The Morgan fingerprint density at radius 2 is 2.15 bits per heavy atom. The van der Waals surface area contributed by atoms with Gasteiger partial charge in [0.2, 0.25) is 5.91 Å². The molecule has 0 aromatic heterocycles. The Kier molecular flexibility index (Phi) is 6.96. The van der Waals surface area contributed by atoms with Gasteiger partial charge in [0.25, 0.3) is 0 Å². The molecule has 0 aromatic carbocycles. The highest BCUT2D eigenvalue weighted by molar-refractivity contribution is 5.79. The maximum atomic E-state index is 12.3. The van der Waals surface area contributed by atoms with E-state index in [-0.39, 0.29) is 36.0 Å². The van der Waals surface area contributed by atoms with Gasteiger partial charge in [0.05, 0.1) is 18.8 Å². The number of rotatable bonds is 6. The first-order chi connectivity index (χ1) is 9.35. The van der Waals surface area contributed by atoms with Gasteiger partial charge in [0.1, 0.15) is 0 Å². The average Bonchev–Trinajstić information content (AvgIpc) is 2.37. The molecule has 1 saturated heterocycles. The topological polar surface area (TPSA) is 58.6 Å². The van der Waals surface area contributed by atoms with Crippen molar-refractivity contribution in [1.29, 1.82) is 0 Å². The summed E-state index contributed by atoms with van der Waals surface area (Å²) in [4.78, 5) is 12.3. The SMILES string of the molecule is CCCC1CC(C(=O)NC(CO)CC(C)(C)C)CCO1. The normalized spacial score (nSPS) is 25.2. The number of carbonyl (C=O) groups is 1. The third-order valence-corrected chi connectivity index (χ3v) is 3.77. The van der Waals surface area contributed by atoms with Crippen molar-refractivity contribution in [2.45, 2.75) is 71.9 Å². The Morgan fingerprint density at radius 1 is 1.45 bits per heavy atom. The molecule has 2 N–H and O–H groups in total. The Labute approximate surface area is 123 Å². The lowest BCUT2D eigenvalue weighted by atomic mass is 9.87. The van der Waals surface area contributed by atoms with Gasteiger partial charge < -0.3 is 15.2 Å². The molecular formula is C16H31NO3. The smallest absolute Gasteiger partial charge is 0.223 e. The van der Waals surface area contributed by atoms with Crippen molar-refractivity contribution in [1.82, 2.24) is 5.32 Å². The van der Waals surface area contributed by atoms with Crippen molar-refractivity contribution in [3.05, 3.63) is 0 Å². The van der Waals surface area contributed by atoms with Crippen LogP contribution in [0.3, 0.4) is 0 Å². The highest BCUT2D eigenvalue weighted by atomic mass is 16.5. The van der Waals surface area contributed by atoms with E-state index in [0.717, 1.165) is 32.1 Å². The van der Waals surface area contributed by atoms with E-state index in [4.69, 9.17) is 4.74 Å². The van der Waals surface area contributed by atoms with E-state index in [1.165, 1.54) is 0 Å². The van der Waals surface area contributed by atoms with Gasteiger partial charge in [-0.2, -0.15) is 0 Å². The molecule has 1 aliphatic rings. The summed E-state index contributed by atoms with van der Waals surface area (Å²) in [6, 6.07) is -0.144. The van der Waals surface area contributed by atoms with Crippen LogP contribution in [-0.4, -0.2) is 36.4 Å². The molecule has 4 heteroatoms. The lowest BCUT2D eigenvalue weighted by Gasteiger charge is -2.31. The van der Waals surface area contributed by atoms with Crippen LogP contribution in [0.25, 0.3) is 0 Å². The van der Waals surface area contributed by atoms with Gasteiger partial charge in [0.15, 0.2) is 0 Å². The van der Waals surface area contributed by atoms with Crippen LogP contribution in [0.15, 0.2) is 0 Å². The van der Waals surface area contributed by atoms with E-state index in [0.29, 0.717) is 6.61 Å². The fourth-order valence-corrected chi connectivity index (χ4v) is 2.86. The molecule has 0 saturated carbocycles. The first kappa shape index (κ1) is 17.4. The molecule has 1 amide bonds. The molecule has 0 bridgehead atoms. The number of carbonyl (C=O) groups excluding carboxylic acids is 1. The minimum Gasteiger partial charge on any atom is -0.394 e. The zero-order valence-electron chi connectivity index (χ0n) is 13.4. The number of aliphatic hydroxyl groups is 1. The largest absolute Gasteiger partial charge is 0.394 e. The quantitative estimate of drug-likeness (QED) is 0.788. The van der Waals surface area contributed by atoms with E-state index in [1.54, 1.807) is 0 Å². The maximum absolute atomic E-state index is 12.3. The first-order valence-corrected chi connectivity index (χ1v) is 7.88. The van der Waals surface area contributed by atoms with Crippen LogP contribution in [-0.2, 0) is 9.53 Å². The van der Waals surface area contributed by atoms with Crippen LogP contribution in [0, 0.1) is 11.3 Å². The molecule has 0 aliphatic carbocycles. The summed E-state index contributed by atoms with van der Waals surface area (Å²) in [5.74, 6) is 0.118. The molecule has 3 unspecified atom stereocenters. The summed E-state index contributed by atoms with van der Waals surface area (Å²) in [6.45, 7) is 9.17. The predicted molar refractivity (Wildman–Crippen MR) is 80.5 cm³/mol.